The van der Waals surface area contributed by atoms with Crippen molar-refractivity contribution in [3.8, 4) is 0 Å². The van der Waals surface area contributed by atoms with Crippen molar-refractivity contribution in [2.45, 2.75) is 45.2 Å². The van der Waals surface area contributed by atoms with Gasteiger partial charge in [0.2, 0.25) is 0 Å². The second-order valence-electron chi connectivity index (χ2n) is 6.76. The van der Waals surface area contributed by atoms with Crippen molar-refractivity contribution in [1.82, 2.24) is 20.0 Å². The van der Waals surface area contributed by atoms with Gasteiger partial charge in [-0.05, 0) is 44.6 Å². The number of ether oxygens (including phenoxy) is 1. The van der Waals surface area contributed by atoms with Crippen molar-refractivity contribution in [3.63, 3.8) is 0 Å². The smallest absolute Gasteiger partial charge is 0.317 e. The first-order chi connectivity index (χ1) is 11.6. The molecule has 3 rings (SSSR count). The number of nitrogens with one attached hydrogen (secondary N) is 1. The fourth-order valence-corrected chi connectivity index (χ4v) is 3.35. The summed E-state index contributed by atoms with van der Waals surface area (Å²) in [4.78, 5) is 26.1. The Morgan fingerprint density at radius 1 is 1.25 bits per heavy atom. The van der Waals surface area contributed by atoms with Gasteiger partial charge in [0.1, 0.15) is 0 Å². The highest BCUT2D eigenvalue weighted by atomic mass is 16.5. The number of hydrogen-bond acceptors (Lipinski definition) is 4. The standard InChI is InChI=1S/C17H26N4O3/c1-13-2-3-16(22)21(19-13)12-14-4-8-20(9-5-14)17(23)18-15-6-10-24-11-7-15/h2-3,14-15H,4-12H2,1H3,(H,18,23). The van der Waals surface area contributed by atoms with E-state index in [4.69, 9.17) is 4.74 Å². The van der Waals surface area contributed by atoms with E-state index >= 15 is 0 Å². The van der Waals surface area contributed by atoms with E-state index in [1.54, 1.807) is 16.8 Å². The van der Waals surface area contributed by atoms with Gasteiger partial charge < -0.3 is 15.0 Å². The number of hydrogen-bond donors (Lipinski definition) is 1. The number of aromatic nitrogens is 2. The SMILES string of the molecule is Cc1ccc(=O)n(CC2CCN(C(=O)NC3CCOCC3)CC2)n1. The molecule has 0 unspecified atom stereocenters. The minimum Gasteiger partial charge on any atom is -0.381 e. The molecule has 0 saturated carbocycles. The van der Waals surface area contributed by atoms with Gasteiger partial charge in [-0.1, -0.05) is 0 Å². The second kappa shape index (κ2) is 7.79. The predicted molar refractivity (Wildman–Crippen MR) is 89.9 cm³/mol. The van der Waals surface area contributed by atoms with Crippen LogP contribution in [0.4, 0.5) is 4.79 Å². The predicted octanol–water partition coefficient (Wildman–Crippen LogP) is 1.15. The normalized spacial score (nSPS) is 20.1. The Morgan fingerprint density at radius 3 is 2.67 bits per heavy atom. The quantitative estimate of drug-likeness (QED) is 0.900. The average molecular weight is 334 g/mol. The van der Waals surface area contributed by atoms with Crippen LogP contribution in [0.1, 0.15) is 31.4 Å². The first kappa shape index (κ1) is 17.0. The molecule has 3 heterocycles. The Hall–Kier alpha value is -1.89. The molecule has 0 bridgehead atoms. The van der Waals surface area contributed by atoms with Crippen LogP contribution in [-0.2, 0) is 11.3 Å². The molecule has 0 spiro atoms. The lowest BCUT2D eigenvalue weighted by atomic mass is 9.97. The number of rotatable bonds is 3. The number of amides is 2. The maximum absolute atomic E-state index is 12.3. The topological polar surface area (TPSA) is 76.5 Å². The third-order valence-electron chi connectivity index (χ3n) is 4.88. The molecule has 2 fully saturated rings. The van der Waals surface area contributed by atoms with E-state index in [0.29, 0.717) is 12.5 Å². The summed E-state index contributed by atoms with van der Waals surface area (Å²) < 4.78 is 6.87. The van der Waals surface area contributed by atoms with Crippen LogP contribution in [0.3, 0.4) is 0 Å². The molecule has 0 radical (unpaired) electrons. The van der Waals surface area contributed by atoms with E-state index in [9.17, 15) is 9.59 Å². The highest BCUT2D eigenvalue weighted by Gasteiger charge is 2.25. The van der Waals surface area contributed by atoms with E-state index in [1.165, 1.54) is 0 Å². The van der Waals surface area contributed by atoms with Gasteiger partial charge in [0.05, 0.1) is 5.69 Å². The molecule has 2 saturated heterocycles. The van der Waals surface area contributed by atoms with Crippen molar-refractivity contribution in [2.24, 2.45) is 5.92 Å². The zero-order valence-electron chi connectivity index (χ0n) is 14.2. The minimum absolute atomic E-state index is 0.0335. The summed E-state index contributed by atoms with van der Waals surface area (Å²) in [6, 6.07) is 3.58. The van der Waals surface area contributed by atoms with Gasteiger partial charge in [0.25, 0.3) is 5.56 Å². The Balaban J connectivity index is 1.47. The molecule has 1 N–H and O–H groups in total. The number of likely N-dealkylation sites (tertiary alicyclic amines) is 1. The van der Waals surface area contributed by atoms with E-state index in [-0.39, 0.29) is 17.6 Å². The number of carbonyl (C=O) groups is 1. The van der Waals surface area contributed by atoms with Gasteiger partial charge in [-0.2, -0.15) is 5.10 Å². The maximum atomic E-state index is 12.3. The van der Waals surface area contributed by atoms with Crippen LogP contribution in [0.5, 0.6) is 0 Å². The summed E-state index contributed by atoms with van der Waals surface area (Å²) in [6.07, 6.45) is 3.60. The van der Waals surface area contributed by atoms with Crippen molar-refractivity contribution >= 4 is 6.03 Å². The lowest BCUT2D eigenvalue weighted by molar-refractivity contribution is 0.0769. The molecule has 2 aliphatic heterocycles. The summed E-state index contributed by atoms with van der Waals surface area (Å²) >= 11 is 0. The second-order valence-corrected chi connectivity index (χ2v) is 6.76. The third-order valence-corrected chi connectivity index (χ3v) is 4.88. The van der Waals surface area contributed by atoms with E-state index in [2.05, 4.69) is 10.4 Å². The monoisotopic (exact) mass is 334 g/mol. The van der Waals surface area contributed by atoms with Crippen molar-refractivity contribution in [1.29, 1.82) is 0 Å². The van der Waals surface area contributed by atoms with Crippen molar-refractivity contribution in [2.75, 3.05) is 26.3 Å². The van der Waals surface area contributed by atoms with E-state index in [0.717, 1.165) is 57.7 Å². The van der Waals surface area contributed by atoms with Gasteiger partial charge in [0.15, 0.2) is 0 Å². The molecule has 7 nitrogen and oxygen atoms in total. The molecular formula is C17H26N4O3. The lowest BCUT2D eigenvalue weighted by Gasteiger charge is -2.34. The molecule has 7 heteroatoms. The highest BCUT2D eigenvalue weighted by Crippen LogP contribution is 2.19. The lowest BCUT2D eigenvalue weighted by Crippen LogP contribution is -2.49. The fraction of sp³-hybridized carbons (Fsp3) is 0.706. The number of carbonyl (C=O) groups excluding carboxylic acids is 1. The molecule has 0 atom stereocenters. The van der Waals surface area contributed by atoms with Crippen LogP contribution in [-0.4, -0.2) is 53.1 Å². The Bertz CT molecular complexity index is 617. The molecule has 0 aliphatic carbocycles. The Morgan fingerprint density at radius 2 is 1.96 bits per heavy atom. The number of urea groups is 1. The van der Waals surface area contributed by atoms with Crippen molar-refractivity contribution in [3.05, 3.63) is 28.2 Å². The zero-order chi connectivity index (χ0) is 16.9. The molecule has 1 aromatic rings. The summed E-state index contributed by atoms with van der Waals surface area (Å²) in [6.45, 7) is 5.45. The summed E-state index contributed by atoms with van der Waals surface area (Å²) in [5.74, 6) is 0.393. The number of aryl methyl sites for hydroxylation is 1. The van der Waals surface area contributed by atoms with Crippen LogP contribution in [0.2, 0.25) is 0 Å². The zero-order valence-corrected chi connectivity index (χ0v) is 14.2. The Labute approximate surface area is 142 Å². The van der Waals surface area contributed by atoms with Crippen molar-refractivity contribution < 1.29 is 9.53 Å². The minimum atomic E-state index is -0.0553. The summed E-state index contributed by atoms with van der Waals surface area (Å²) in [5, 5.41) is 7.41. The average Bonchev–Trinajstić information content (AvgIpc) is 2.60. The van der Waals surface area contributed by atoms with Gasteiger partial charge in [0, 0.05) is 45.0 Å². The van der Waals surface area contributed by atoms with Crippen LogP contribution in [0.15, 0.2) is 16.9 Å². The van der Waals surface area contributed by atoms with Crippen LogP contribution in [0, 0.1) is 12.8 Å². The fourth-order valence-electron chi connectivity index (χ4n) is 3.35. The van der Waals surface area contributed by atoms with Gasteiger partial charge in [-0.15, -0.1) is 0 Å². The summed E-state index contributed by atoms with van der Waals surface area (Å²) in [7, 11) is 0. The Kier molecular flexibility index (Phi) is 5.50. The van der Waals surface area contributed by atoms with E-state index < -0.39 is 0 Å². The van der Waals surface area contributed by atoms with Crippen LogP contribution in [0.25, 0.3) is 0 Å². The van der Waals surface area contributed by atoms with Gasteiger partial charge >= 0.3 is 6.03 Å². The number of piperidine rings is 1. The maximum Gasteiger partial charge on any atom is 0.317 e. The summed E-state index contributed by atoms with van der Waals surface area (Å²) in [5.41, 5.74) is 0.795. The first-order valence-electron chi connectivity index (χ1n) is 8.80. The van der Waals surface area contributed by atoms with Gasteiger partial charge in [-0.25, -0.2) is 9.48 Å². The van der Waals surface area contributed by atoms with Crippen LogP contribution >= 0.6 is 0 Å². The molecule has 132 valence electrons. The molecule has 2 amide bonds. The van der Waals surface area contributed by atoms with Gasteiger partial charge in [-0.3, -0.25) is 4.79 Å². The number of nitrogens with zero attached hydrogens (tertiary/aromatic N) is 3. The third kappa shape index (κ3) is 4.35. The molecule has 0 aromatic carbocycles. The molecular weight excluding hydrogens is 308 g/mol. The first-order valence-corrected chi connectivity index (χ1v) is 8.80. The molecule has 2 aliphatic rings. The van der Waals surface area contributed by atoms with E-state index in [1.807, 2.05) is 11.8 Å². The van der Waals surface area contributed by atoms with Crippen LogP contribution < -0.4 is 10.9 Å². The molecule has 24 heavy (non-hydrogen) atoms. The largest absolute Gasteiger partial charge is 0.381 e. The molecule has 1 aromatic heterocycles. The highest BCUT2D eigenvalue weighted by molar-refractivity contribution is 5.74.